The SMILES string of the molecule is C=CC(=O)N1CCN(c2c3c(nc4c(F)c(-c5c(O)cccc5F)c(Cl)cc24)OCC(=O)N3)CC1. The van der Waals surface area contributed by atoms with Crippen molar-refractivity contribution < 1.29 is 28.2 Å². The maximum Gasteiger partial charge on any atom is 0.262 e. The minimum absolute atomic E-state index is 0.00151. The first kappa shape index (κ1) is 22.9. The lowest BCUT2D eigenvalue weighted by Gasteiger charge is -2.37. The molecule has 1 fully saturated rings. The lowest BCUT2D eigenvalue weighted by atomic mass is 9.99. The highest BCUT2D eigenvalue weighted by molar-refractivity contribution is 6.34. The lowest BCUT2D eigenvalue weighted by molar-refractivity contribution is -0.126. The molecule has 0 saturated carbocycles. The summed E-state index contributed by atoms with van der Waals surface area (Å²) in [6.45, 7) is 4.69. The molecule has 2 amide bonds. The normalized spacial score (nSPS) is 15.5. The third-order valence-electron chi connectivity index (χ3n) is 6.04. The van der Waals surface area contributed by atoms with Crippen LogP contribution in [0.4, 0.5) is 20.2 Å². The van der Waals surface area contributed by atoms with Crippen LogP contribution in [-0.4, -0.2) is 59.6 Å². The summed E-state index contributed by atoms with van der Waals surface area (Å²) in [7, 11) is 0. The third-order valence-corrected chi connectivity index (χ3v) is 6.34. The maximum atomic E-state index is 15.9. The summed E-state index contributed by atoms with van der Waals surface area (Å²) in [6, 6.07) is 5.03. The van der Waals surface area contributed by atoms with Crippen molar-refractivity contribution in [3.63, 3.8) is 0 Å². The fourth-order valence-corrected chi connectivity index (χ4v) is 4.70. The van der Waals surface area contributed by atoms with Crippen LogP contribution in [0.25, 0.3) is 22.0 Å². The van der Waals surface area contributed by atoms with Gasteiger partial charge in [0.2, 0.25) is 11.8 Å². The quantitative estimate of drug-likeness (QED) is 0.532. The Morgan fingerprint density at radius 2 is 1.97 bits per heavy atom. The smallest absolute Gasteiger partial charge is 0.262 e. The number of phenols is 1. The molecular formula is C24H19ClF2N4O4. The number of rotatable bonds is 3. The maximum absolute atomic E-state index is 15.9. The highest BCUT2D eigenvalue weighted by Gasteiger charge is 2.32. The predicted octanol–water partition coefficient (Wildman–Crippen LogP) is 3.70. The van der Waals surface area contributed by atoms with E-state index >= 15 is 4.39 Å². The Hall–Kier alpha value is -3.92. The second kappa shape index (κ2) is 8.70. The zero-order chi connectivity index (χ0) is 24.9. The summed E-state index contributed by atoms with van der Waals surface area (Å²) in [5, 5.41) is 13.1. The minimum atomic E-state index is -0.946. The Kier molecular flexibility index (Phi) is 5.68. The standard InChI is InChI=1S/C24H19ClF2N4O4/c1-2-17(34)30-6-8-31(9-7-30)23-12-10-13(25)18(19-14(26)4-3-5-15(19)32)20(27)21(12)29-24-22(23)28-16(33)11-35-24/h2-5,10,32H,1,6-9,11H2,(H,28,33). The van der Waals surface area contributed by atoms with E-state index in [1.165, 1.54) is 24.3 Å². The monoisotopic (exact) mass is 500 g/mol. The van der Waals surface area contributed by atoms with Gasteiger partial charge in [0.25, 0.3) is 5.91 Å². The first-order valence-electron chi connectivity index (χ1n) is 10.7. The van der Waals surface area contributed by atoms with Crippen molar-refractivity contribution >= 4 is 45.7 Å². The predicted molar refractivity (Wildman–Crippen MR) is 127 cm³/mol. The van der Waals surface area contributed by atoms with Crippen molar-refractivity contribution in [2.45, 2.75) is 0 Å². The molecule has 2 aliphatic rings. The van der Waals surface area contributed by atoms with Crippen molar-refractivity contribution in [1.29, 1.82) is 0 Å². The molecule has 2 aromatic carbocycles. The molecular weight excluding hydrogens is 482 g/mol. The number of nitrogens with zero attached hydrogens (tertiary/aromatic N) is 3. The van der Waals surface area contributed by atoms with Gasteiger partial charge < -0.3 is 25.0 Å². The number of carbonyl (C=O) groups excluding carboxylic acids is 2. The third kappa shape index (κ3) is 3.79. The number of hydrogen-bond acceptors (Lipinski definition) is 6. The first-order chi connectivity index (χ1) is 16.8. The highest BCUT2D eigenvalue weighted by atomic mass is 35.5. The molecule has 11 heteroatoms. The number of benzene rings is 2. The van der Waals surface area contributed by atoms with Crippen molar-refractivity contribution in [1.82, 2.24) is 9.88 Å². The Balaban J connectivity index is 1.72. The minimum Gasteiger partial charge on any atom is -0.507 e. The Bertz CT molecular complexity index is 1390. The van der Waals surface area contributed by atoms with E-state index < -0.39 is 23.3 Å². The molecule has 1 saturated heterocycles. The molecule has 3 heterocycles. The number of pyridine rings is 1. The zero-order valence-electron chi connectivity index (χ0n) is 18.3. The number of carbonyl (C=O) groups is 2. The van der Waals surface area contributed by atoms with Crippen LogP contribution < -0.4 is 15.0 Å². The number of aromatic nitrogens is 1. The second-order valence-electron chi connectivity index (χ2n) is 8.07. The molecule has 0 aliphatic carbocycles. The van der Waals surface area contributed by atoms with Crippen molar-refractivity contribution in [2.75, 3.05) is 43.0 Å². The van der Waals surface area contributed by atoms with Gasteiger partial charge in [0, 0.05) is 37.1 Å². The molecule has 0 radical (unpaired) electrons. The summed E-state index contributed by atoms with van der Waals surface area (Å²) in [6.07, 6.45) is 1.24. The number of piperazine rings is 1. The molecule has 0 spiro atoms. The average molecular weight is 501 g/mol. The topological polar surface area (TPSA) is 95.0 Å². The summed E-state index contributed by atoms with van der Waals surface area (Å²) >= 11 is 6.45. The van der Waals surface area contributed by atoms with E-state index in [9.17, 15) is 19.1 Å². The van der Waals surface area contributed by atoms with Gasteiger partial charge in [0.15, 0.2) is 12.4 Å². The average Bonchev–Trinajstić information content (AvgIpc) is 2.84. The Morgan fingerprint density at radius 3 is 2.66 bits per heavy atom. The fourth-order valence-electron chi connectivity index (χ4n) is 4.42. The molecule has 2 N–H and O–H groups in total. The molecule has 5 rings (SSSR count). The van der Waals surface area contributed by atoms with Gasteiger partial charge in [-0.25, -0.2) is 13.8 Å². The Morgan fingerprint density at radius 1 is 1.23 bits per heavy atom. The number of fused-ring (bicyclic) bond motifs is 2. The van der Waals surface area contributed by atoms with Gasteiger partial charge in [-0.3, -0.25) is 9.59 Å². The highest BCUT2D eigenvalue weighted by Crippen LogP contribution is 2.47. The number of phenolic OH excluding ortho intramolecular Hbond substituents is 1. The van der Waals surface area contributed by atoms with Gasteiger partial charge in [-0.15, -0.1) is 0 Å². The fraction of sp³-hybridized carbons (Fsp3) is 0.208. The molecule has 0 bridgehead atoms. The number of amides is 2. The van der Waals surface area contributed by atoms with Crippen LogP contribution in [0.2, 0.25) is 5.02 Å². The van der Waals surface area contributed by atoms with Crippen LogP contribution in [0.1, 0.15) is 0 Å². The summed E-state index contributed by atoms with van der Waals surface area (Å²) < 4.78 is 36.0. The summed E-state index contributed by atoms with van der Waals surface area (Å²) in [5.74, 6) is -2.88. The molecule has 8 nitrogen and oxygen atoms in total. The van der Waals surface area contributed by atoms with Crippen LogP contribution in [0.5, 0.6) is 11.6 Å². The summed E-state index contributed by atoms with van der Waals surface area (Å²) in [5.41, 5.74) is -0.206. The van der Waals surface area contributed by atoms with Gasteiger partial charge in [-0.2, -0.15) is 0 Å². The molecule has 35 heavy (non-hydrogen) atoms. The van der Waals surface area contributed by atoms with Crippen LogP contribution in [0, 0.1) is 11.6 Å². The number of nitrogens with one attached hydrogen (secondary N) is 1. The van der Waals surface area contributed by atoms with E-state index in [2.05, 4.69) is 16.9 Å². The lowest BCUT2D eigenvalue weighted by Crippen LogP contribution is -2.48. The van der Waals surface area contributed by atoms with E-state index in [0.29, 0.717) is 31.9 Å². The van der Waals surface area contributed by atoms with Crippen molar-refractivity contribution in [2.24, 2.45) is 0 Å². The molecule has 180 valence electrons. The van der Waals surface area contributed by atoms with Gasteiger partial charge in [-0.05, 0) is 24.3 Å². The number of anilines is 2. The number of ether oxygens (including phenoxy) is 1. The van der Waals surface area contributed by atoms with Gasteiger partial charge >= 0.3 is 0 Å². The second-order valence-corrected chi connectivity index (χ2v) is 8.48. The van der Waals surface area contributed by atoms with E-state index in [1.807, 2.05) is 4.90 Å². The van der Waals surface area contributed by atoms with E-state index in [-0.39, 0.29) is 51.1 Å². The van der Waals surface area contributed by atoms with Crippen LogP contribution in [0.3, 0.4) is 0 Å². The first-order valence-corrected chi connectivity index (χ1v) is 11.1. The molecule has 0 unspecified atom stereocenters. The zero-order valence-corrected chi connectivity index (χ0v) is 19.0. The van der Waals surface area contributed by atoms with Crippen molar-refractivity contribution in [3.8, 4) is 22.8 Å². The molecule has 2 aliphatic heterocycles. The largest absolute Gasteiger partial charge is 0.507 e. The number of hydrogen-bond donors (Lipinski definition) is 2. The Labute approximate surface area is 203 Å². The number of halogens is 3. The van der Waals surface area contributed by atoms with Crippen LogP contribution in [0.15, 0.2) is 36.9 Å². The van der Waals surface area contributed by atoms with Crippen molar-refractivity contribution in [3.05, 3.63) is 53.6 Å². The van der Waals surface area contributed by atoms with Gasteiger partial charge in [0.1, 0.15) is 22.8 Å². The van der Waals surface area contributed by atoms with Crippen LogP contribution >= 0.6 is 11.6 Å². The van der Waals surface area contributed by atoms with Crippen LogP contribution in [-0.2, 0) is 9.59 Å². The summed E-state index contributed by atoms with van der Waals surface area (Å²) in [4.78, 5) is 31.9. The number of aromatic hydroxyl groups is 1. The van der Waals surface area contributed by atoms with Gasteiger partial charge in [-0.1, -0.05) is 24.2 Å². The molecule has 0 atom stereocenters. The molecule has 1 aromatic heterocycles. The van der Waals surface area contributed by atoms with E-state index in [1.54, 1.807) is 4.90 Å². The van der Waals surface area contributed by atoms with E-state index in [0.717, 1.165) is 6.07 Å². The molecule has 3 aromatic rings. The van der Waals surface area contributed by atoms with Gasteiger partial charge in [0.05, 0.1) is 16.3 Å². The van der Waals surface area contributed by atoms with E-state index in [4.69, 9.17) is 16.3 Å².